The van der Waals surface area contributed by atoms with E-state index in [1.807, 2.05) is 42.5 Å². The van der Waals surface area contributed by atoms with Crippen LogP contribution in [0.3, 0.4) is 0 Å². The van der Waals surface area contributed by atoms with Crippen molar-refractivity contribution in [3.8, 4) is 17.2 Å². The second-order valence-electron chi connectivity index (χ2n) is 7.17. The average Bonchev–Trinajstić information content (AvgIpc) is 3.30. The van der Waals surface area contributed by atoms with E-state index < -0.39 is 5.91 Å². The molecule has 0 spiro atoms. The molecule has 6 heteroatoms. The minimum absolute atomic E-state index is 0.0671. The zero-order valence-electron chi connectivity index (χ0n) is 17.0. The van der Waals surface area contributed by atoms with Crippen LogP contribution in [0.5, 0.6) is 0 Å². The number of carbonyl (C=O) groups is 1. The summed E-state index contributed by atoms with van der Waals surface area (Å²) < 4.78 is 2.12. The minimum Gasteiger partial charge on any atom is -0.391 e. The fraction of sp³-hybridized carbons (Fsp3) is 0.120. The Morgan fingerprint density at radius 2 is 1.68 bits per heavy atom. The molecule has 3 N–H and O–H groups in total. The number of rotatable bonds is 6. The molecule has 31 heavy (non-hydrogen) atoms. The lowest BCUT2D eigenvalue weighted by Gasteiger charge is -2.07. The van der Waals surface area contributed by atoms with Crippen LogP contribution in [0.2, 0.25) is 0 Å². The number of carbonyl (C=O) groups excluding carboxylic acids is 1. The van der Waals surface area contributed by atoms with Gasteiger partial charge in [-0.05, 0) is 53.5 Å². The molecule has 0 unspecified atom stereocenters. The van der Waals surface area contributed by atoms with E-state index in [2.05, 4.69) is 36.5 Å². The fourth-order valence-electron chi connectivity index (χ4n) is 3.33. The third kappa shape index (κ3) is 4.85. The highest BCUT2D eigenvalue weighted by Crippen LogP contribution is 2.35. The summed E-state index contributed by atoms with van der Waals surface area (Å²) in [6.45, 7) is 2.17. The van der Waals surface area contributed by atoms with Gasteiger partial charge >= 0.3 is 0 Å². The van der Waals surface area contributed by atoms with Crippen molar-refractivity contribution in [2.45, 2.75) is 19.8 Å². The summed E-state index contributed by atoms with van der Waals surface area (Å²) >= 11 is 3.01. The SMILES string of the molecule is CCCc1ccc(-c2ccc(NC(=O)/C(C#N)=C/c3cc4sc(N)cc4s3)cc2)cc1. The van der Waals surface area contributed by atoms with Crippen molar-refractivity contribution >= 4 is 54.7 Å². The largest absolute Gasteiger partial charge is 0.391 e. The Balaban J connectivity index is 1.46. The number of thiophene rings is 2. The first-order valence-electron chi connectivity index (χ1n) is 9.97. The number of nitriles is 1. The van der Waals surface area contributed by atoms with Gasteiger partial charge in [-0.1, -0.05) is 49.7 Å². The fourth-order valence-corrected chi connectivity index (χ4v) is 5.46. The quantitative estimate of drug-likeness (QED) is 0.257. The number of nitrogens with two attached hydrogens (primary N) is 1. The van der Waals surface area contributed by atoms with Crippen molar-refractivity contribution in [3.63, 3.8) is 0 Å². The smallest absolute Gasteiger partial charge is 0.266 e. The zero-order valence-corrected chi connectivity index (χ0v) is 18.6. The highest BCUT2D eigenvalue weighted by molar-refractivity contribution is 7.30. The monoisotopic (exact) mass is 443 g/mol. The van der Waals surface area contributed by atoms with Crippen LogP contribution in [0.15, 0.2) is 66.2 Å². The number of hydrogen-bond donors (Lipinski definition) is 2. The van der Waals surface area contributed by atoms with Gasteiger partial charge in [-0.2, -0.15) is 5.26 Å². The molecule has 2 aromatic heterocycles. The molecule has 0 aliphatic rings. The predicted molar refractivity (Wildman–Crippen MR) is 132 cm³/mol. The molecule has 4 nitrogen and oxygen atoms in total. The first-order valence-corrected chi connectivity index (χ1v) is 11.6. The maximum atomic E-state index is 12.6. The van der Waals surface area contributed by atoms with Crippen LogP contribution < -0.4 is 11.1 Å². The Morgan fingerprint density at radius 1 is 1.03 bits per heavy atom. The van der Waals surface area contributed by atoms with E-state index in [-0.39, 0.29) is 5.57 Å². The Kier molecular flexibility index (Phi) is 6.17. The van der Waals surface area contributed by atoms with Gasteiger partial charge in [0, 0.05) is 20.0 Å². The molecule has 0 bridgehead atoms. The number of nitrogen functional groups attached to an aromatic ring is 1. The summed E-state index contributed by atoms with van der Waals surface area (Å²) in [4.78, 5) is 13.5. The van der Waals surface area contributed by atoms with Gasteiger partial charge in [0.05, 0.1) is 5.00 Å². The molecular weight excluding hydrogens is 422 g/mol. The van der Waals surface area contributed by atoms with E-state index in [0.717, 1.165) is 43.2 Å². The van der Waals surface area contributed by atoms with Crippen LogP contribution in [0.4, 0.5) is 10.7 Å². The molecule has 0 saturated carbocycles. The number of nitrogens with zero attached hydrogens (tertiary/aromatic N) is 1. The Bertz CT molecular complexity index is 1260. The standard InChI is InChI=1S/C25H21N3OS2/c1-2-3-16-4-6-17(7-5-16)18-8-10-20(11-9-18)28-25(29)19(15-26)12-21-13-22-23(30-21)14-24(27)31-22/h4-14H,2-3,27H2,1H3,(H,28,29)/b19-12+. The maximum Gasteiger partial charge on any atom is 0.266 e. The number of aryl methyl sites for hydroxylation is 1. The molecule has 0 saturated heterocycles. The summed E-state index contributed by atoms with van der Waals surface area (Å²) in [6, 6.07) is 22.1. The maximum absolute atomic E-state index is 12.6. The Hall–Kier alpha value is -3.40. The summed E-state index contributed by atoms with van der Waals surface area (Å²) in [6.07, 6.45) is 3.83. The van der Waals surface area contributed by atoms with E-state index in [0.29, 0.717) is 5.69 Å². The molecule has 2 heterocycles. The lowest BCUT2D eigenvalue weighted by Crippen LogP contribution is -2.13. The van der Waals surface area contributed by atoms with E-state index >= 15 is 0 Å². The molecule has 1 amide bonds. The van der Waals surface area contributed by atoms with Gasteiger partial charge in [-0.15, -0.1) is 22.7 Å². The number of amides is 1. The molecule has 0 atom stereocenters. The summed E-state index contributed by atoms with van der Waals surface area (Å²) in [7, 11) is 0. The Morgan fingerprint density at radius 3 is 2.29 bits per heavy atom. The lowest BCUT2D eigenvalue weighted by molar-refractivity contribution is -0.112. The first-order chi connectivity index (χ1) is 15.1. The number of fused-ring (bicyclic) bond motifs is 1. The topological polar surface area (TPSA) is 78.9 Å². The van der Waals surface area contributed by atoms with Crippen molar-refractivity contribution in [2.75, 3.05) is 11.1 Å². The van der Waals surface area contributed by atoms with Gasteiger partial charge in [0.25, 0.3) is 5.91 Å². The van der Waals surface area contributed by atoms with Crippen LogP contribution in [0.1, 0.15) is 23.8 Å². The molecule has 0 aliphatic carbocycles. The molecule has 154 valence electrons. The lowest BCUT2D eigenvalue weighted by atomic mass is 10.0. The van der Waals surface area contributed by atoms with Crippen molar-refractivity contribution in [1.82, 2.24) is 0 Å². The van der Waals surface area contributed by atoms with E-state index in [4.69, 9.17) is 5.73 Å². The third-order valence-corrected chi connectivity index (χ3v) is 6.94. The van der Waals surface area contributed by atoms with Crippen LogP contribution in [0, 0.1) is 11.3 Å². The van der Waals surface area contributed by atoms with Gasteiger partial charge in [0.2, 0.25) is 0 Å². The van der Waals surface area contributed by atoms with Crippen molar-refractivity contribution in [1.29, 1.82) is 5.26 Å². The zero-order chi connectivity index (χ0) is 21.8. The summed E-state index contributed by atoms with van der Waals surface area (Å²) in [5.74, 6) is -0.421. The van der Waals surface area contributed by atoms with Gasteiger partial charge in [-0.25, -0.2) is 0 Å². The van der Waals surface area contributed by atoms with Crippen LogP contribution in [0.25, 0.3) is 26.6 Å². The first kappa shape index (κ1) is 20.9. The molecule has 0 fully saturated rings. The van der Waals surface area contributed by atoms with E-state index in [1.54, 1.807) is 6.08 Å². The molecule has 0 radical (unpaired) electrons. The van der Waals surface area contributed by atoms with E-state index in [1.165, 1.54) is 28.2 Å². The second kappa shape index (κ2) is 9.17. The summed E-state index contributed by atoms with van der Waals surface area (Å²) in [5, 5.41) is 13.0. The highest BCUT2D eigenvalue weighted by atomic mass is 32.1. The summed E-state index contributed by atoms with van der Waals surface area (Å²) in [5.41, 5.74) is 10.1. The van der Waals surface area contributed by atoms with Crippen LogP contribution in [-0.4, -0.2) is 5.91 Å². The molecular formula is C25H21N3OS2. The average molecular weight is 444 g/mol. The van der Waals surface area contributed by atoms with Crippen LogP contribution >= 0.6 is 22.7 Å². The number of benzene rings is 2. The number of hydrogen-bond acceptors (Lipinski definition) is 5. The third-order valence-electron chi connectivity index (χ3n) is 4.87. The second-order valence-corrected chi connectivity index (χ2v) is 9.40. The van der Waals surface area contributed by atoms with Gasteiger partial charge in [0.1, 0.15) is 11.6 Å². The molecule has 2 aromatic carbocycles. The van der Waals surface area contributed by atoms with E-state index in [9.17, 15) is 10.1 Å². The molecule has 4 rings (SSSR count). The number of nitrogens with one attached hydrogen (secondary N) is 1. The van der Waals surface area contributed by atoms with Crippen molar-refractivity contribution in [2.24, 2.45) is 0 Å². The normalized spacial score (nSPS) is 11.4. The predicted octanol–water partition coefficient (Wildman–Crippen LogP) is 6.71. The minimum atomic E-state index is -0.421. The highest BCUT2D eigenvalue weighted by Gasteiger charge is 2.12. The van der Waals surface area contributed by atoms with Gasteiger partial charge < -0.3 is 11.1 Å². The van der Waals surface area contributed by atoms with Crippen molar-refractivity contribution < 1.29 is 4.79 Å². The van der Waals surface area contributed by atoms with Gasteiger partial charge in [-0.3, -0.25) is 4.79 Å². The van der Waals surface area contributed by atoms with Gasteiger partial charge in [0.15, 0.2) is 0 Å². The number of anilines is 2. The Labute approximate surface area is 189 Å². The van der Waals surface area contributed by atoms with Crippen molar-refractivity contribution in [3.05, 3.63) is 76.7 Å². The molecule has 4 aromatic rings. The molecule has 0 aliphatic heterocycles. The van der Waals surface area contributed by atoms with Crippen LogP contribution in [-0.2, 0) is 11.2 Å².